The molecule has 1 aromatic rings. The highest BCUT2D eigenvalue weighted by atomic mass is 16.6. The van der Waals surface area contributed by atoms with E-state index in [1.54, 1.807) is 10.8 Å². The van der Waals surface area contributed by atoms with Crippen LogP contribution in [0.15, 0.2) is 18.5 Å². The average molecular weight is 154 g/mol. The molecule has 1 heterocycles. The fourth-order valence-corrected chi connectivity index (χ4v) is 0.830. The molecule has 0 fully saturated rings. The van der Waals surface area contributed by atoms with E-state index in [2.05, 4.69) is 0 Å². The Bertz CT molecular complexity index is 265. The van der Waals surface area contributed by atoms with Gasteiger partial charge in [-0.15, -0.1) is 0 Å². The number of nitrogens with zero attached hydrogens (tertiary/aromatic N) is 2. The average Bonchev–Trinajstić information content (AvgIpc) is 2.33. The van der Waals surface area contributed by atoms with Gasteiger partial charge >= 0.3 is 0 Å². The molecule has 11 heavy (non-hydrogen) atoms. The van der Waals surface area contributed by atoms with Crippen LogP contribution in [0.1, 0.15) is 19.9 Å². The third kappa shape index (κ3) is 1.58. The molecule has 0 aliphatic rings. The highest BCUT2D eigenvalue weighted by molar-refractivity contribution is 5.25. The summed E-state index contributed by atoms with van der Waals surface area (Å²) < 4.78 is 1.80. The standard InChI is InChI=1S/C7H10N2O2/c1-6(2)8-4-3-7(5-8)9(10)11/h3-6H,1-2H3. The molecule has 0 amide bonds. The predicted molar refractivity (Wildman–Crippen MR) is 41.5 cm³/mol. The van der Waals surface area contributed by atoms with Crippen LogP contribution in [0.25, 0.3) is 0 Å². The fourth-order valence-electron chi connectivity index (χ4n) is 0.830. The molecule has 4 nitrogen and oxygen atoms in total. The lowest BCUT2D eigenvalue weighted by Gasteiger charge is -2.03. The van der Waals surface area contributed by atoms with Crippen LogP contribution in [0.4, 0.5) is 5.69 Å². The van der Waals surface area contributed by atoms with Gasteiger partial charge in [0.25, 0.3) is 5.69 Å². The van der Waals surface area contributed by atoms with Crippen molar-refractivity contribution in [2.45, 2.75) is 19.9 Å². The van der Waals surface area contributed by atoms with Gasteiger partial charge < -0.3 is 4.57 Å². The first-order valence-electron chi connectivity index (χ1n) is 3.43. The van der Waals surface area contributed by atoms with Crippen LogP contribution in [0, 0.1) is 10.1 Å². The van der Waals surface area contributed by atoms with Crippen molar-refractivity contribution < 1.29 is 4.92 Å². The molecule has 0 saturated heterocycles. The largest absolute Gasteiger partial charge is 0.346 e. The Morgan fingerprint density at radius 2 is 2.27 bits per heavy atom. The van der Waals surface area contributed by atoms with Gasteiger partial charge in [-0.2, -0.15) is 0 Å². The van der Waals surface area contributed by atoms with E-state index in [0.717, 1.165) is 0 Å². The van der Waals surface area contributed by atoms with Gasteiger partial charge in [-0.3, -0.25) is 10.1 Å². The summed E-state index contributed by atoms with van der Waals surface area (Å²) in [5, 5.41) is 10.2. The molecule has 0 radical (unpaired) electrons. The lowest BCUT2D eigenvalue weighted by atomic mass is 10.4. The van der Waals surface area contributed by atoms with Crippen molar-refractivity contribution in [2.24, 2.45) is 0 Å². The Morgan fingerprint density at radius 3 is 2.55 bits per heavy atom. The Kier molecular flexibility index (Phi) is 1.94. The molecule has 1 rings (SSSR count). The third-order valence-corrected chi connectivity index (χ3v) is 1.51. The van der Waals surface area contributed by atoms with Crippen molar-refractivity contribution in [1.82, 2.24) is 4.57 Å². The summed E-state index contributed by atoms with van der Waals surface area (Å²) in [4.78, 5) is 9.84. The van der Waals surface area contributed by atoms with E-state index < -0.39 is 4.92 Å². The molecular weight excluding hydrogens is 144 g/mol. The van der Waals surface area contributed by atoms with Gasteiger partial charge in [0, 0.05) is 18.3 Å². The molecule has 0 bridgehead atoms. The Balaban J connectivity index is 2.90. The minimum Gasteiger partial charge on any atom is -0.346 e. The van der Waals surface area contributed by atoms with Crippen LogP contribution in [-0.2, 0) is 0 Å². The molecule has 0 N–H and O–H groups in total. The smallest absolute Gasteiger partial charge is 0.286 e. The second-order valence-electron chi connectivity index (χ2n) is 2.67. The summed E-state index contributed by atoms with van der Waals surface area (Å²) in [5.74, 6) is 0. The lowest BCUT2D eigenvalue weighted by Crippen LogP contribution is -1.95. The lowest BCUT2D eigenvalue weighted by molar-refractivity contribution is -0.384. The third-order valence-electron chi connectivity index (χ3n) is 1.51. The van der Waals surface area contributed by atoms with Crippen LogP contribution < -0.4 is 0 Å². The highest BCUT2D eigenvalue weighted by Gasteiger charge is 2.07. The van der Waals surface area contributed by atoms with Gasteiger partial charge in [0.1, 0.15) is 0 Å². The first kappa shape index (κ1) is 7.78. The molecule has 0 unspecified atom stereocenters. The molecule has 0 spiro atoms. The second-order valence-corrected chi connectivity index (χ2v) is 2.67. The molecule has 0 aliphatic heterocycles. The van der Waals surface area contributed by atoms with E-state index in [4.69, 9.17) is 0 Å². The maximum Gasteiger partial charge on any atom is 0.286 e. The summed E-state index contributed by atoms with van der Waals surface area (Å²) in [6.07, 6.45) is 3.24. The highest BCUT2D eigenvalue weighted by Crippen LogP contribution is 2.14. The summed E-state index contributed by atoms with van der Waals surface area (Å²) in [7, 11) is 0. The fraction of sp³-hybridized carbons (Fsp3) is 0.429. The molecule has 60 valence electrons. The zero-order valence-electron chi connectivity index (χ0n) is 6.52. The first-order chi connectivity index (χ1) is 5.11. The number of nitro groups is 1. The van der Waals surface area contributed by atoms with Crippen LogP contribution in [-0.4, -0.2) is 9.49 Å². The number of hydrogen-bond acceptors (Lipinski definition) is 2. The van der Waals surface area contributed by atoms with E-state index in [1.165, 1.54) is 12.3 Å². The zero-order valence-corrected chi connectivity index (χ0v) is 6.52. The molecule has 0 atom stereocenters. The number of aromatic nitrogens is 1. The predicted octanol–water partition coefficient (Wildman–Crippen LogP) is 1.98. The Morgan fingerprint density at radius 1 is 1.64 bits per heavy atom. The molecule has 1 aromatic heterocycles. The summed E-state index contributed by atoms with van der Waals surface area (Å²) in [6, 6.07) is 1.78. The van der Waals surface area contributed by atoms with Gasteiger partial charge in [-0.25, -0.2) is 0 Å². The SMILES string of the molecule is CC(C)n1ccc([N+](=O)[O-])c1. The number of hydrogen-bond donors (Lipinski definition) is 0. The van der Waals surface area contributed by atoms with E-state index in [9.17, 15) is 10.1 Å². The van der Waals surface area contributed by atoms with E-state index >= 15 is 0 Å². The first-order valence-corrected chi connectivity index (χ1v) is 3.43. The topological polar surface area (TPSA) is 48.1 Å². The van der Waals surface area contributed by atoms with Crippen molar-refractivity contribution in [3.8, 4) is 0 Å². The van der Waals surface area contributed by atoms with E-state index in [0.29, 0.717) is 0 Å². The van der Waals surface area contributed by atoms with Gasteiger partial charge in [-0.05, 0) is 13.8 Å². The van der Waals surface area contributed by atoms with Crippen molar-refractivity contribution in [3.05, 3.63) is 28.6 Å². The maximum absolute atomic E-state index is 10.2. The van der Waals surface area contributed by atoms with Crippen LogP contribution in [0.3, 0.4) is 0 Å². The second kappa shape index (κ2) is 2.74. The van der Waals surface area contributed by atoms with E-state index in [-0.39, 0.29) is 11.7 Å². The molecule has 4 heteroatoms. The molecule has 0 aromatic carbocycles. The summed E-state index contributed by atoms with van der Waals surface area (Å²) >= 11 is 0. The zero-order chi connectivity index (χ0) is 8.43. The van der Waals surface area contributed by atoms with Crippen molar-refractivity contribution in [2.75, 3.05) is 0 Å². The minimum absolute atomic E-state index is 0.152. The molecular formula is C7H10N2O2. The van der Waals surface area contributed by atoms with E-state index in [1.807, 2.05) is 13.8 Å². The van der Waals surface area contributed by atoms with Gasteiger partial charge in [0.15, 0.2) is 0 Å². The normalized spacial score (nSPS) is 10.5. The monoisotopic (exact) mass is 154 g/mol. The van der Waals surface area contributed by atoms with Crippen LogP contribution in [0.5, 0.6) is 0 Å². The van der Waals surface area contributed by atoms with Gasteiger partial charge in [0.05, 0.1) is 11.1 Å². The van der Waals surface area contributed by atoms with Crippen molar-refractivity contribution >= 4 is 5.69 Å². The van der Waals surface area contributed by atoms with Crippen molar-refractivity contribution in [3.63, 3.8) is 0 Å². The molecule has 0 saturated carbocycles. The summed E-state index contributed by atoms with van der Waals surface area (Å²) in [6.45, 7) is 3.95. The van der Waals surface area contributed by atoms with Gasteiger partial charge in [-0.1, -0.05) is 0 Å². The Labute approximate surface area is 64.6 Å². The Hall–Kier alpha value is -1.32. The minimum atomic E-state index is -0.390. The summed E-state index contributed by atoms with van der Waals surface area (Å²) in [5.41, 5.74) is 0.152. The quantitative estimate of drug-likeness (QED) is 0.483. The maximum atomic E-state index is 10.2. The number of rotatable bonds is 2. The van der Waals surface area contributed by atoms with Gasteiger partial charge in [0.2, 0.25) is 0 Å². The molecule has 0 aliphatic carbocycles. The van der Waals surface area contributed by atoms with Crippen molar-refractivity contribution in [1.29, 1.82) is 0 Å². The van der Waals surface area contributed by atoms with Crippen LogP contribution in [0.2, 0.25) is 0 Å². The van der Waals surface area contributed by atoms with Crippen LogP contribution >= 0.6 is 0 Å².